The molecule has 1 unspecified atom stereocenters. The average Bonchev–Trinajstić information content (AvgIpc) is 3.23. The lowest BCUT2D eigenvalue weighted by atomic mass is 9.90. The lowest BCUT2D eigenvalue weighted by Gasteiger charge is -2.23. The van der Waals surface area contributed by atoms with E-state index in [0.29, 0.717) is 13.0 Å². The molecule has 5 nitrogen and oxygen atoms in total. The van der Waals surface area contributed by atoms with Crippen LogP contribution in [-0.2, 0) is 16.0 Å². The number of para-hydroxylation sites is 1. The van der Waals surface area contributed by atoms with Crippen molar-refractivity contribution in [3.63, 3.8) is 0 Å². The first-order chi connectivity index (χ1) is 15.7. The van der Waals surface area contributed by atoms with E-state index in [4.69, 9.17) is 0 Å². The van der Waals surface area contributed by atoms with Gasteiger partial charge in [0.05, 0.1) is 5.92 Å². The van der Waals surface area contributed by atoms with Gasteiger partial charge in [-0.3, -0.25) is 9.59 Å². The predicted molar refractivity (Wildman–Crippen MR) is 127 cm³/mol. The van der Waals surface area contributed by atoms with Gasteiger partial charge in [-0.25, -0.2) is 0 Å². The van der Waals surface area contributed by atoms with Crippen molar-refractivity contribution >= 4 is 22.7 Å². The van der Waals surface area contributed by atoms with Crippen LogP contribution in [0.5, 0.6) is 0 Å². The third-order valence-corrected chi connectivity index (χ3v) is 5.61. The molecule has 4 aromatic rings. The van der Waals surface area contributed by atoms with Crippen LogP contribution in [-0.4, -0.2) is 29.4 Å². The fourth-order valence-electron chi connectivity index (χ4n) is 4.07. The minimum atomic E-state index is -0.684. The molecule has 0 aliphatic carbocycles. The van der Waals surface area contributed by atoms with Gasteiger partial charge in [-0.05, 0) is 29.7 Å². The van der Waals surface area contributed by atoms with Crippen LogP contribution in [0.2, 0.25) is 0 Å². The smallest absolute Gasteiger partial charge is 0.242 e. The van der Waals surface area contributed by atoms with Crippen LogP contribution < -0.4 is 10.6 Å². The molecular formula is C27H27N3O2. The van der Waals surface area contributed by atoms with Crippen molar-refractivity contribution in [2.75, 3.05) is 6.54 Å². The maximum Gasteiger partial charge on any atom is 0.242 e. The number of nitrogens with one attached hydrogen (secondary N) is 3. The zero-order valence-electron chi connectivity index (χ0n) is 18.0. The standard InChI is InChI=1S/C27H27N3O2/c1-2-28-26(31)24(17-21-18-29-23-16-10-9-15-22(21)23)30-27(32)25(19-11-5-3-6-12-19)20-13-7-4-8-14-20/h3-16,18,24-25,29H,2,17H2,1H3,(H,28,31)(H,30,32). The van der Waals surface area contributed by atoms with E-state index in [-0.39, 0.29) is 11.8 Å². The SMILES string of the molecule is CCNC(=O)C(Cc1c[nH]c2ccccc12)NC(=O)C(c1ccccc1)c1ccccc1. The molecule has 1 aromatic heterocycles. The van der Waals surface area contributed by atoms with Gasteiger partial charge < -0.3 is 15.6 Å². The minimum absolute atomic E-state index is 0.189. The van der Waals surface area contributed by atoms with Gasteiger partial charge in [-0.15, -0.1) is 0 Å². The number of aromatic nitrogens is 1. The van der Waals surface area contributed by atoms with E-state index >= 15 is 0 Å². The highest BCUT2D eigenvalue weighted by Crippen LogP contribution is 2.25. The Morgan fingerprint density at radius 3 is 2.03 bits per heavy atom. The number of fused-ring (bicyclic) bond motifs is 1. The number of carbonyl (C=O) groups excluding carboxylic acids is 2. The predicted octanol–water partition coefficient (Wildman–Crippen LogP) is 4.16. The Hall–Kier alpha value is -3.86. The van der Waals surface area contributed by atoms with Gasteiger partial charge in [0.1, 0.15) is 6.04 Å². The van der Waals surface area contributed by atoms with E-state index in [1.807, 2.05) is 98.0 Å². The molecule has 0 spiro atoms. The Morgan fingerprint density at radius 2 is 1.41 bits per heavy atom. The summed E-state index contributed by atoms with van der Waals surface area (Å²) in [4.78, 5) is 29.7. The Balaban J connectivity index is 1.64. The number of rotatable bonds is 8. The summed E-state index contributed by atoms with van der Waals surface area (Å²) in [5.41, 5.74) is 3.78. The number of hydrogen-bond acceptors (Lipinski definition) is 2. The van der Waals surface area contributed by atoms with E-state index in [9.17, 15) is 9.59 Å². The molecule has 3 N–H and O–H groups in total. The summed E-state index contributed by atoms with van der Waals surface area (Å²) in [7, 11) is 0. The molecular weight excluding hydrogens is 398 g/mol. The summed E-state index contributed by atoms with van der Waals surface area (Å²) >= 11 is 0. The van der Waals surface area contributed by atoms with Crippen molar-refractivity contribution < 1.29 is 9.59 Å². The van der Waals surface area contributed by atoms with E-state index in [0.717, 1.165) is 27.6 Å². The molecule has 0 saturated heterocycles. The van der Waals surface area contributed by atoms with Gasteiger partial charge in [-0.2, -0.15) is 0 Å². The monoisotopic (exact) mass is 425 g/mol. The number of amides is 2. The van der Waals surface area contributed by atoms with Gasteiger partial charge in [0, 0.05) is 30.1 Å². The Labute approximate surface area is 187 Å². The summed E-state index contributed by atoms with van der Waals surface area (Å²) in [6.07, 6.45) is 2.31. The molecule has 4 rings (SSSR count). The van der Waals surface area contributed by atoms with Crippen molar-refractivity contribution in [3.05, 3.63) is 108 Å². The van der Waals surface area contributed by atoms with Crippen molar-refractivity contribution in [2.24, 2.45) is 0 Å². The summed E-state index contributed by atoms with van der Waals surface area (Å²) in [6.45, 7) is 2.37. The first-order valence-electron chi connectivity index (χ1n) is 10.9. The Bertz CT molecular complexity index is 1150. The minimum Gasteiger partial charge on any atom is -0.361 e. The molecule has 0 aliphatic heterocycles. The highest BCUT2D eigenvalue weighted by Gasteiger charge is 2.28. The van der Waals surface area contributed by atoms with Gasteiger partial charge in [0.2, 0.25) is 11.8 Å². The quantitative estimate of drug-likeness (QED) is 0.397. The number of hydrogen-bond donors (Lipinski definition) is 3. The highest BCUT2D eigenvalue weighted by molar-refractivity contribution is 5.93. The lowest BCUT2D eigenvalue weighted by Crippen LogP contribution is -2.49. The molecule has 162 valence electrons. The maximum absolute atomic E-state index is 13.6. The van der Waals surface area contributed by atoms with Crippen molar-refractivity contribution in [1.29, 1.82) is 0 Å². The maximum atomic E-state index is 13.6. The molecule has 2 amide bonds. The molecule has 0 aliphatic rings. The normalized spacial score (nSPS) is 11.9. The summed E-state index contributed by atoms with van der Waals surface area (Å²) in [6, 6.07) is 26.6. The van der Waals surface area contributed by atoms with Crippen LogP contribution in [0.15, 0.2) is 91.1 Å². The molecule has 32 heavy (non-hydrogen) atoms. The number of likely N-dealkylation sites (N-methyl/N-ethyl adjacent to an activating group) is 1. The number of H-pyrrole nitrogens is 1. The third-order valence-electron chi connectivity index (χ3n) is 5.61. The van der Waals surface area contributed by atoms with Crippen LogP contribution in [0, 0.1) is 0 Å². The second kappa shape index (κ2) is 9.96. The molecule has 1 atom stereocenters. The Morgan fingerprint density at radius 1 is 0.812 bits per heavy atom. The van der Waals surface area contributed by atoms with E-state index in [1.54, 1.807) is 0 Å². The van der Waals surface area contributed by atoms with Crippen LogP contribution >= 0.6 is 0 Å². The van der Waals surface area contributed by atoms with E-state index < -0.39 is 12.0 Å². The largest absolute Gasteiger partial charge is 0.361 e. The fourth-order valence-corrected chi connectivity index (χ4v) is 4.07. The second-order valence-corrected chi connectivity index (χ2v) is 7.77. The summed E-state index contributed by atoms with van der Waals surface area (Å²) in [5, 5.41) is 6.96. The van der Waals surface area contributed by atoms with Gasteiger partial charge >= 0.3 is 0 Å². The molecule has 0 bridgehead atoms. The molecule has 0 fully saturated rings. The van der Waals surface area contributed by atoms with Crippen molar-refractivity contribution in [3.8, 4) is 0 Å². The van der Waals surface area contributed by atoms with Crippen LogP contribution in [0.1, 0.15) is 29.5 Å². The van der Waals surface area contributed by atoms with Gasteiger partial charge in [0.25, 0.3) is 0 Å². The highest BCUT2D eigenvalue weighted by atomic mass is 16.2. The van der Waals surface area contributed by atoms with Crippen molar-refractivity contribution in [1.82, 2.24) is 15.6 Å². The number of carbonyl (C=O) groups is 2. The molecule has 1 heterocycles. The number of aromatic amines is 1. The zero-order valence-corrected chi connectivity index (χ0v) is 18.0. The zero-order chi connectivity index (χ0) is 22.3. The first-order valence-corrected chi connectivity index (χ1v) is 10.9. The molecule has 3 aromatic carbocycles. The number of benzene rings is 3. The van der Waals surface area contributed by atoms with Gasteiger partial charge in [0.15, 0.2) is 0 Å². The molecule has 0 saturated carbocycles. The molecule has 5 heteroatoms. The van der Waals surface area contributed by atoms with Crippen LogP contribution in [0.4, 0.5) is 0 Å². The van der Waals surface area contributed by atoms with E-state index in [1.165, 1.54) is 0 Å². The van der Waals surface area contributed by atoms with E-state index in [2.05, 4.69) is 15.6 Å². The Kier molecular flexibility index (Phi) is 6.66. The van der Waals surface area contributed by atoms with Gasteiger partial charge in [-0.1, -0.05) is 78.9 Å². The summed E-state index contributed by atoms with van der Waals surface area (Å²) < 4.78 is 0. The van der Waals surface area contributed by atoms with Crippen molar-refractivity contribution in [2.45, 2.75) is 25.3 Å². The van der Waals surface area contributed by atoms with Crippen LogP contribution in [0.25, 0.3) is 10.9 Å². The second-order valence-electron chi connectivity index (χ2n) is 7.77. The topological polar surface area (TPSA) is 74.0 Å². The average molecular weight is 426 g/mol. The third kappa shape index (κ3) is 4.72. The molecule has 0 radical (unpaired) electrons. The summed E-state index contributed by atoms with van der Waals surface area (Å²) in [5.74, 6) is -0.887. The fraction of sp³-hybridized carbons (Fsp3) is 0.185. The first kappa shape index (κ1) is 21.4. The lowest BCUT2D eigenvalue weighted by molar-refractivity contribution is -0.129. The van der Waals surface area contributed by atoms with Crippen LogP contribution in [0.3, 0.4) is 0 Å².